The SMILES string of the molecule is CC1CC2(O)CCC(O)CC2O1. The zero-order valence-corrected chi connectivity index (χ0v) is 7.36. The lowest BCUT2D eigenvalue weighted by Gasteiger charge is -2.35. The number of ether oxygens (including phenoxy) is 1. The van der Waals surface area contributed by atoms with E-state index in [1.807, 2.05) is 6.92 Å². The zero-order chi connectivity index (χ0) is 8.77. The molecule has 0 bridgehead atoms. The quantitative estimate of drug-likeness (QED) is 0.557. The van der Waals surface area contributed by atoms with E-state index in [0.29, 0.717) is 19.3 Å². The van der Waals surface area contributed by atoms with Gasteiger partial charge in [0.2, 0.25) is 0 Å². The minimum atomic E-state index is -0.640. The van der Waals surface area contributed by atoms with Gasteiger partial charge in [-0.15, -0.1) is 0 Å². The number of hydrogen-bond acceptors (Lipinski definition) is 3. The minimum absolute atomic E-state index is 0.128. The van der Waals surface area contributed by atoms with Crippen LogP contribution in [0.4, 0.5) is 0 Å². The topological polar surface area (TPSA) is 49.7 Å². The number of aliphatic hydroxyl groups is 2. The predicted molar refractivity (Wildman–Crippen MR) is 43.8 cm³/mol. The van der Waals surface area contributed by atoms with Crippen molar-refractivity contribution in [3.63, 3.8) is 0 Å². The smallest absolute Gasteiger partial charge is 0.0934 e. The van der Waals surface area contributed by atoms with Gasteiger partial charge in [0, 0.05) is 12.8 Å². The fourth-order valence-electron chi connectivity index (χ4n) is 2.40. The van der Waals surface area contributed by atoms with Crippen LogP contribution in [0, 0.1) is 0 Å². The number of hydrogen-bond donors (Lipinski definition) is 2. The Morgan fingerprint density at radius 1 is 1.50 bits per heavy atom. The zero-order valence-electron chi connectivity index (χ0n) is 7.36. The third-order valence-corrected chi connectivity index (χ3v) is 3.03. The Hall–Kier alpha value is -0.120. The summed E-state index contributed by atoms with van der Waals surface area (Å²) < 4.78 is 5.53. The van der Waals surface area contributed by atoms with E-state index < -0.39 is 5.60 Å². The lowest BCUT2D eigenvalue weighted by Crippen LogP contribution is -2.44. The fourth-order valence-corrected chi connectivity index (χ4v) is 2.40. The third-order valence-electron chi connectivity index (χ3n) is 3.03. The van der Waals surface area contributed by atoms with E-state index in [-0.39, 0.29) is 18.3 Å². The van der Waals surface area contributed by atoms with Crippen LogP contribution in [0.3, 0.4) is 0 Å². The molecule has 0 aromatic heterocycles. The van der Waals surface area contributed by atoms with Crippen molar-refractivity contribution in [1.82, 2.24) is 0 Å². The van der Waals surface area contributed by atoms with Crippen LogP contribution in [0.15, 0.2) is 0 Å². The number of rotatable bonds is 0. The first-order valence-electron chi connectivity index (χ1n) is 4.66. The second-order valence-electron chi connectivity index (χ2n) is 4.17. The molecular formula is C9H16O3. The molecule has 2 rings (SSSR count). The first-order chi connectivity index (χ1) is 5.60. The molecule has 2 N–H and O–H groups in total. The molecule has 1 aliphatic carbocycles. The van der Waals surface area contributed by atoms with Gasteiger partial charge in [-0.3, -0.25) is 0 Å². The Bertz CT molecular complexity index is 183. The molecule has 3 nitrogen and oxygen atoms in total. The first kappa shape index (κ1) is 8.48. The van der Waals surface area contributed by atoms with Gasteiger partial charge >= 0.3 is 0 Å². The van der Waals surface area contributed by atoms with Gasteiger partial charge in [0.15, 0.2) is 0 Å². The van der Waals surface area contributed by atoms with E-state index >= 15 is 0 Å². The molecule has 0 spiro atoms. The standard InChI is InChI=1S/C9H16O3/c1-6-5-9(11)3-2-7(10)4-8(9)12-6/h6-8,10-11H,2-5H2,1H3. The van der Waals surface area contributed by atoms with Crippen LogP contribution in [0.5, 0.6) is 0 Å². The molecule has 2 aliphatic rings. The normalized spacial score (nSPS) is 53.8. The molecule has 70 valence electrons. The molecular weight excluding hydrogens is 156 g/mol. The van der Waals surface area contributed by atoms with Gasteiger partial charge in [-0.25, -0.2) is 0 Å². The summed E-state index contributed by atoms with van der Waals surface area (Å²) in [7, 11) is 0. The highest BCUT2D eigenvalue weighted by Crippen LogP contribution is 2.40. The van der Waals surface area contributed by atoms with Crippen LogP contribution >= 0.6 is 0 Å². The largest absolute Gasteiger partial charge is 0.393 e. The van der Waals surface area contributed by atoms with Gasteiger partial charge in [-0.1, -0.05) is 0 Å². The molecule has 0 radical (unpaired) electrons. The van der Waals surface area contributed by atoms with Crippen molar-refractivity contribution in [1.29, 1.82) is 0 Å². The fraction of sp³-hybridized carbons (Fsp3) is 1.00. The summed E-state index contributed by atoms with van der Waals surface area (Å²) in [6.07, 6.45) is 2.46. The Morgan fingerprint density at radius 2 is 2.25 bits per heavy atom. The average molecular weight is 172 g/mol. The molecule has 4 atom stereocenters. The summed E-state index contributed by atoms with van der Waals surface area (Å²) in [4.78, 5) is 0. The number of fused-ring (bicyclic) bond motifs is 1. The van der Waals surface area contributed by atoms with E-state index in [0.717, 1.165) is 6.42 Å². The second-order valence-corrected chi connectivity index (χ2v) is 4.17. The molecule has 1 saturated carbocycles. The summed E-state index contributed by atoms with van der Waals surface area (Å²) in [6.45, 7) is 1.97. The summed E-state index contributed by atoms with van der Waals surface area (Å²) in [5, 5.41) is 19.4. The van der Waals surface area contributed by atoms with Crippen LogP contribution in [0.1, 0.15) is 32.6 Å². The van der Waals surface area contributed by atoms with Crippen LogP contribution in [0.2, 0.25) is 0 Å². The van der Waals surface area contributed by atoms with Gasteiger partial charge in [0.05, 0.1) is 23.9 Å². The van der Waals surface area contributed by atoms with Crippen molar-refractivity contribution in [2.45, 2.75) is 56.5 Å². The summed E-state index contributed by atoms with van der Waals surface area (Å²) >= 11 is 0. The van der Waals surface area contributed by atoms with Gasteiger partial charge in [-0.2, -0.15) is 0 Å². The highest BCUT2D eigenvalue weighted by atomic mass is 16.5. The molecule has 4 unspecified atom stereocenters. The van der Waals surface area contributed by atoms with Crippen LogP contribution in [-0.2, 0) is 4.74 Å². The second kappa shape index (κ2) is 2.69. The maximum Gasteiger partial charge on any atom is 0.0934 e. The van der Waals surface area contributed by atoms with Crippen molar-refractivity contribution in [3.8, 4) is 0 Å². The van der Waals surface area contributed by atoms with Crippen molar-refractivity contribution in [2.24, 2.45) is 0 Å². The number of aliphatic hydroxyl groups excluding tert-OH is 1. The first-order valence-corrected chi connectivity index (χ1v) is 4.66. The van der Waals surface area contributed by atoms with Crippen LogP contribution < -0.4 is 0 Å². The molecule has 2 fully saturated rings. The molecule has 0 aromatic rings. The highest BCUT2D eigenvalue weighted by molar-refractivity contribution is 4.99. The van der Waals surface area contributed by atoms with E-state index in [1.165, 1.54) is 0 Å². The Kier molecular flexibility index (Phi) is 1.90. The van der Waals surface area contributed by atoms with Crippen LogP contribution in [0.25, 0.3) is 0 Å². The maximum atomic E-state index is 10.1. The maximum absolute atomic E-state index is 10.1. The Labute approximate surface area is 72.3 Å². The average Bonchev–Trinajstić information content (AvgIpc) is 2.24. The van der Waals surface area contributed by atoms with E-state index in [1.54, 1.807) is 0 Å². The van der Waals surface area contributed by atoms with Gasteiger partial charge < -0.3 is 14.9 Å². The van der Waals surface area contributed by atoms with E-state index in [9.17, 15) is 10.2 Å². The monoisotopic (exact) mass is 172 g/mol. The van der Waals surface area contributed by atoms with Crippen molar-refractivity contribution >= 4 is 0 Å². The van der Waals surface area contributed by atoms with Gasteiger partial charge in [-0.05, 0) is 19.8 Å². The molecule has 1 heterocycles. The lowest BCUT2D eigenvalue weighted by atomic mass is 9.80. The lowest BCUT2D eigenvalue weighted by molar-refractivity contribution is -0.0990. The van der Waals surface area contributed by atoms with Crippen molar-refractivity contribution in [3.05, 3.63) is 0 Å². The molecule has 12 heavy (non-hydrogen) atoms. The Balaban J connectivity index is 2.10. The van der Waals surface area contributed by atoms with Gasteiger partial charge in [0.1, 0.15) is 0 Å². The highest BCUT2D eigenvalue weighted by Gasteiger charge is 2.48. The minimum Gasteiger partial charge on any atom is -0.393 e. The van der Waals surface area contributed by atoms with Crippen LogP contribution in [-0.4, -0.2) is 34.1 Å². The molecule has 0 amide bonds. The van der Waals surface area contributed by atoms with Crippen molar-refractivity contribution < 1.29 is 14.9 Å². The van der Waals surface area contributed by atoms with E-state index in [2.05, 4.69) is 0 Å². The summed E-state index contributed by atoms with van der Waals surface area (Å²) in [6, 6.07) is 0. The molecule has 0 aromatic carbocycles. The summed E-state index contributed by atoms with van der Waals surface area (Å²) in [5.41, 5.74) is -0.640. The predicted octanol–water partition coefficient (Wildman–Crippen LogP) is 0.440. The molecule has 3 heteroatoms. The van der Waals surface area contributed by atoms with E-state index in [4.69, 9.17) is 4.74 Å². The third kappa shape index (κ3) is 1.26. The van der Waals surface area contributed by atoms with Crippen molar-refractivity contribution in [2.75, 3.05) is 0 Å². The summed E-state index contributed by atoms with van der Waals surface area (Å²) in [5.74, 6) is 0. The molecule has 1 saturated heterocycles. The van der Waals surface area contributed by atoms with Gasteiger partial charge in [0.25, 0.3) is 0 Å². The Morgan fingerprint density at radius 3 is 3.00 bits per heavy atom. The molecule has 1 aliphatic heterocycles.